The zero-order valence-electron chi connectivity index (χ0n) is 15.3. The van der Waals surface area contributed by atoms with Gasteiger partial charge in [0.2, 0.25) is 0 Å². The molecule has 3 aromatic heterocycles. The molecule has 0 N–H and O–H groups in total. The van der Waals surface area contributed by atoms with Crippen molar-refractivity contribution in [3.8, 4) is 5.69 Å². The van der Waals surface area contributed by atoms with Gasteiger partial charge in [-0.25, -0.2) is 4.98 Å². The average molecular weight is 406 g/mol. The Labute approximate surface area is 171 Å². The van der Waals surface area contributed by atoms with Gasteiger partial charge in [0.1, 0.15) is 4.83 Å². The number of thiophene rings is 1. The van der Waals surface area contributed by atoms with Gasteiger partial charge in [0, 0.05) is 23.0 Å². The van der Waals surface area contributed by atoms with Crippen LogP contribution in [-0.2, 0) is 18.6 Å². The Hall–Kier alpha value is -2.44. The highest BCUT2D eigenvalue weighted by Crippen LogP contribution is 2.35. The normalized spacial score (nSPS) is 13.6. The van der Waals surface area contributed by atoms with Crippen molar-refractivity contribution in [1.29, 1.82) is 0 Å². The number of thioether (sulfide) groups is 1. The Morgan fingerprint density at radius 2 is 1.93 bits per heavy atom. The molecule has 28 heavy (non-hydrogen) atoms. The third kappa shape index (κ3) is 3.16. The summed E-state index contributed by atoms with van der Waals surface area (Å²) >= 11 is 3.29. The van der Waals surface area contributed by atoms with Crippen LogP contribution >= 0.6 is 23.1 Å². The van der Waals surface area contributed by atoms with E-state index in [-0.39, 0.29) is 5.56 Å². The summed E-state index contributed by atoms with van der Waals surface area (Å²) < 4.78 is 1.78. The van der Waals surface area contributed by atoms with Crippen LogP contribution < -0.4 is 5.56 Å². The molecule has 0 unspecified atom stereocenters. The van der Waals surface area contributed by atoms with Crippen molar-refractivity contribution in [2.24, 2.45) is 0 Å². The third-order valence-corrected chi connectivity index (χ3v) is 7.26. The van der Waals surface area contributed by atoms with Crippen LogP contribution in [0.4, 0.5) is 0 Å². The van der Waals surface area contributed by atoms with E-state index in [9.17, 15) is 4.79 Å². The topological polar surface area (TPSA) is 47.8 Å². The van der Waals surface area contributed by atoms with E-state index >= 15 is 0 Å². The Balaban J connectivity index is 1.68. The molecule has 1 aliphatic rings. The minimum absolute atomic E-state index is 0.0595. The zero-order valence-corrected chi connectivity index (χ0v) is 16.9. The minimum atomic E-state index is 0.0595. The lowest BCUT2D eigenvalue weighted by Crippen LogP contribution is -2.22. The quantitative estimate of drug-likeness (QED) is 0.354. The van der Waals surface area contributed by atoms with Crippen LogP contribution in [0.25, 0.3) is 15.9 Å². The summed E-state index contributed by atoms with van der Waals surface area (Å²) in [4.78, 5) is 25.0. The maximum Gasteiger partial charge on any atom is 0.267 e. The molecule has 0 aliphatic heterocycles. The van der Waals surface area contributed by atoms with E-state index in [1.54, 1.807) is 33.9 Å². The van der Waals surface area contributed by atoms with Crippen LogP contribution in [0, 0.1) is 0 Å². The van der Waals surface area contributed by atoms with Crippen molar-refractivity contribution < 1.29 is 0 Å². The SMILES string of the molecule is O=c1c2c3c(sc2nc(SCc2cccnc2)n1-c1ccccc1)CCCC3. The molecule has 0 atom stereocenters. The van der Waals surface area contributed by atoms with Gasteiger partial charge in [-0.15, -0.1) is 11.3 Å². The molecule has 0 amide bonds. The van der Waals surface area contributed by atoms with Crippen LogP contribution in [0.5, 0.6) is 0 Å². The summed E-state index contributed by atoms with van der Waals surface area (Å²) in [7, 11) is 0. The monoisotopic (exact) mass is 405 g/mol. The molecule has 0 spiro atoms. The minimum Gasteiger partial charge on any atom is -0.268 e. The number of pyridine rings is 1. The molecule has 4 aromatic rings. The molecule has 4 nitrogen and oxygen atoms in total. The number of fused-ring (bicyclic) bond motifs is 3. The van der Waals surface area contributed by atoms with Gasteiger partial charge in [0.25, 0.3) is 5.56 Å². The number of benzene rings is 1. The van der Waals surface area contributed by atoms with Gasteiger partial charge >= 0.3 is 0 Å². The summed E-state index contributed by atoms with van der Waals surface area (Å²) in [6.45, 7) is 0. The number of hydrogen-bond donors (Lipinski definition) is 0. The number of rotatable bonds is 4. The predicted molar refractivity (Wildman–Crippen MR) is 116 cm³/mol. The maximum atomic E-state index is 13.6. The zero-order chi connectivity index (χ0) is 18.9. The smallest absolute Gasteiger partial charge is 0.267 e. The van der Waals surface area contributed by atoms with Crippen molar-refractivity contribution in [3.05, 3.63) is 81.2 Å². The van der Waals surface area contributed by atoms with Crippen molar-refractivity contribution in [2.45, 2.75) is 36.6 Å². The number of nitrogens with zero attached hydrogens (tertiary/aromatic N) is 3. The Morgan fingerprint density at radius 1 is 1.07 bits per heavy atom. The second-order valence-corrected chi connectivity index (χ2v) is 8.94. The molecule has 6 heteroatoms. The number of aryl methyl sites for hydroxylation is 2. The molecular formula is C22H19N3OS2. The Kier molecular flexibility index (Phi) is 4.74. The van der Waals surface area contributed by atoms with Crippen LogP contribution in [0.2, 0.25) is 0 Å². The number of aromatic nitrogens is 3. The molecule has 5 rings (SSSR count). The van der Waals surface area contributed by atoms with E-state index in [2.05, 4.69) is 4.98 Å². The summed E-state index contributed by atoms with van der Waals surface area (Å²) in [5, 5.41) is 1.57. The van der Waals surface area contributed by atoms with E-state index in [0.29, 0.717) is 0 Å². The van der Waals surface area contributed by atoms with Gasteiger partial charge in [0.15, 0.2) is 5.16 Å². The summed E-state index contributed by atoms with van der Waals surface area (Å²) in [6.07, 6.45) is 8.05. The number of para-hydroxylation sites is 1. The molecule has 0 fully saturated rings. The number of hydrogen-bond acceptors (Lipinski definition) is 5. The third-order valence-electron chi connectivity index (χ3n) is 5.06. The Morgan fingerprint density at radius 3 is 2.75 bits per heavy atom. The van der Waals surface area contributed by atoms with E-state index in [4.69, 9.17) is 4.98 Å². The van der Waals surface area contributed by atoms with Crippen molar-refractivity contribution in [2.75, 3.05) is 0 Å². The standard InChI is InChI=1S/C22H19N3OS2/c26-21-19-17-10-4-5-11-18(17)28-20(19)24-22(25(21)16-8-2-1-3-9-16)27-14-15-7-6-12-23-13-15/h1-3,6-9,12-13H,4-5,10-11,14H2. The van der Waals surface area contributed by atoms with Gasteiger partial charge in [0.05, 0.1) is 11.1 Å². The van der Waals surface area contributed by atoms with Gasteiger partial charge in [-0.05, 0) is 55.0 Å². The van der Waals surface area contributed by atoms with Crippen LogP contribution in [-0.4, -0.2) is 14.5 Å². The van der Waals surface area contributed by atoms with Crippen LogP contribution in [0.1, 0.15) is 28.8 Å². The average Bonchev–Trinajstić information content (AvgIpc) is 3.12. The second-order valence-electron chi connectivity index (χ2n) is 6.91. The second kappa shape index (κ2) is 7.53. The van der Waals surface area contributed by atoms with Gasteiger partial charge < -0.3 is 0 Å². The van der Waals surface area contributed by atoms with E-state index < -0.39 is 0 Å². The van der Waals surface area contributed by atoms with Gasteiger partial charge in [-0.2, -0.15) is 0 Å². The van der Waals surface area contributed by atoms with E-state index in [1.807, 2.05) is 48.7 Å². The van der Waals surface area contributed by atoms with Crippen LogP contribution in [0.15, 0.2) is 64.8 Å². The highest BCUT2D eigenvalue weighted by Gasteiger charge is 2.22. The fourth-order valence-corrected chi connectivity index (χ4v) is 5.97. The van der Waals surface area contributed by atoms with Crippen molar-refractivity contribution >= 4 is 33.3 Å². The molecule has 0 saturated carbocycles. The van der Waals surface area contributed by atoms with Crippen LogP contribution in [0.3, 0.4) is 0 Å². The first-order valence-electron chi connectivity index (χ1n) is 9.45. The maximum absolute atomic E-state index is 13.6. The molecule has 0 radical (unpaired) electrons. The summed E-state index contributed by atoms with van der Waals surface area (Å²) in [5.41, 5.74) is 3.28. The first-order chi connectivity index (χ1) is 13.8. The van der Waals surface area contributed by atoms with Crippen molar-refractivity contribution in [1.82, 2.24) is 14.5 Å². The summed E-state index contributed by atoms with van der Waals surface area (Å²) in [6, 6.07) is 13.8. The molecule has 140 valence electrons. The lowest BCUT2D eigenvalue weighted by Gasteiger charge is -2.13. The molecule has 0 saturated heterocycles. The highest BCUT2D eigenvalue weighted by atomic mass is 32.2. The van der Waals surface area contributed by atoms with Gasteiger partial charge in [-0.3, -0.25) is 14.3 Å². The fraction of sp³-hybridized carbons (Fsp3) is 0.227. The first kappa shape index (κ1) is 17.6. The lowest BCUT2D eigenvalue weighted by molar-refractivity contribution is 0.699. The van der Waals surface area contributed by atoms with Gasteiger partial charge in [-0.1, -0.05) is 36.0 Å². The molecule has 1 aliphatic carbocycles. The Bertz CT molecular complexity index is 1180. The molecular weight excluding hydrogens is 386 g/mol. The fourth-order valence-electron chi connectivity index (χ4n) is 3.72. The highest BCUT2D eigenvalue weighted by molar-refractivity contribution is 7.98. The van der Waals surface area contributed by atoms with E-state index in [0.717, 1.165) is 51.6 Å². The molecule has 3 heterocycles. The largest absolute Gasteiger partial charge is 0.268 e. The predicted octanol–water partition coefficient (Wildman–Crippen LogP) is 5.01. The first-order valence-corrected chi connectivity index (χ1v) is 11.3. The van der Waals surface area contributed by atoms with Crippen molar-refractivity contribution in [3.63, 3.8) is 0 Å². The lowest BCUT2D eigenvalue weighted by atomic mass is 9.97. The van der Waals surface area contributed by atoms with E-state index in [1.165, 1.54) is 16.9 Å². The molecule has 0 bridgehead atoms. The summed E-state index contributed by atoms with van der Waals surface area (Å²) in [5.74, 6) is 0.726. The molecule has 1 aromatic carbocycles.